The minimum atomic E-state index is 0.702. The zero-order valence-electron chi connectivity index (χ0n) is 12.2. The van der Waals surface area contributed by atoms with Crippen molar-refractivity contribution in [3.8, 4) is 0 Å². The Morgan fingerprint density at radius 2 is 2.06 bits per heavy atom. The maximum absolute atomic E-state index is 3.71. The van der Waals surface area contributed by atoms with E-state index in [0.29, 0.717) is 6.04 Å². The fraction of sp³-hybridized carbons (Fsp3) is 0.750. The molecule has 1 aromatic heterocycles. The van der Waals surface area contributed by atoms with Gasteiger partial charge in [-0.2, -0.15) is 0 Å². The van der Waals surface area contributed by atoms with E-state index in [4.69, 9.17) is 0 Å². The van der Waals surface area contributed by atoms with E-state index in [-0.39, 0.29) is 0 Å². The first-order valence-electron chi connectivity index (χ1n) is 7.57. The van der Waals surface area contributed by atoms with Gasteiger partial charge in [-0.1, -0.05) is 46.1 Å². The fourth-order valence-electron chi connectivity index (χ4n) is 2.68. The lowest BCUT2D eigenvalue weighted by Crippen LogP contribution is -2.36. The van der Waals surface area contributed by atoms with Gasteiger partial charge >= 0.3 is 0 Å². The second-order valence-corrected chi connectivity index (χ2v) is 6.13. The van der Waals surface area contributed by atoms with Gasteiger partial charge in [-0.3, -0.25) is 0 Å². The molecule has 1 heterocycles. The number of unbranched alkanes of at least 4 members (excludes halogenated alkanes) is 1. The Bertz CT molecular complexity index is 281. The summed E-state index contributed by atoms with van der Waals surface area (Å²) >= 11 is 1.89. The van der Waals surface area contributed by atoms with Crippen LogP contribution in [0.15, 0.2) is 17.5 Å². The second kappa shape index (κ2) is 9.57. The smallest absolute Gasteiger partial charge is 0.00985 e. The second-order valence-electron chi connectivity index (χ2n) is 5.09. The molecule has 104 valence electrons. The van der Waals surface area contributed by atoms with Crippen LogP contribution >= 0.6 is 11.3 Å². The van der Waals surface area contributed by atoms with Crippen molar-refractivity contribution < 1.29 is 0 Å². The van der Waals surface area contributed by atoms with Gasteiger partial charge in [0.1, 0.15) is 0 Å². The molecule has 0 aliphatic carbocycles. The van der Waals surface area contributed by atoms with Crippen molar-refractivity contribution in [1.29, 1.82) is 0 Å². The zero-order chi connectivity index (χ0) is 13.2. The SMILES string of the molecule is CCCCC(CC)C(CCc1cccs1)NCC. The van der Waals surface area contributed by atoms with E-state index in [1.807, 2.05) is 11.3 Å². The first-order valence-corrected chi connectivity index (χ1v) is 8.45. The molecule has 0 saturated carbocycles. The average Bonchev–Trinajstić information content (AvgIpc) is 2.89. The van der Waals surface area contributed by atoms with Crippen LogP contribution in [-0.4, -0.2) is 12.6 Å². The molecule has 0 bridgehead atoms. The molecule has 18 heavy (non-hydrogen) atoms. The number of thiophene rings is 1. The van der Waals surface area contributed by atoms with Gasteiger partial charge in [0.05, 0.1) is 0 Å². The zero-order valence-corrected chi connectivity index (χ0v) is 13.1. The minimum Gasteiger partial charge on any atom is -0.314 e. The van der Waals surface area contributed by atoms with Crippen molar-refractivity contribution in [3.63, 3.8) is 0 Å². The molecule has 0 aromatic carbocycles. The number of nitrogens with one attached hydrogen (secondary N) is 1. The Morgan fingerprint density at radius 1 is 1.22 bits per heavy atom. The summed E-state index contributed by atoms with van der Waals surface area (Å²) in [6.07, 6.45) is 7.91. The number of rotatable bonds is 10. The maximum Gasteiger partial charge on any atom is 0.00985 e. The Balaban J connectivity index is 2.45. The summed E-state index contributed by atoms with van der Waals surface area (Å²) in [6.45, 7) is 7.96. The van der Waals surface area contributed by atoms with Gasteiger partial charge in [0.15, 0.2) is 0 Å². The molecule has 0 radical (unpaired) electrons. The van der Waals surface area contributed by atoms with Crippen LogP contribution in [0.4, 0.5) is 0 Å². The molecule has 0 aliphatic heterocycles. The molecule has 0 fully saturated rings. The molecular formula is C16H29NS. The number of aryl methyl sites for hydroxylation is 1. The van der Waals surface area contributed by atoms with E-state index in [1.165, 1.54) is 43.4 Å². The normalized spacial score (nSPS) is 14.6. The van der Waals surface area contributed by atoms with Crippen LogP contribution < -0.4 is 5.32 Å². The summed E-state index contributed by atoms with van der Waals surface area (Å²) in [7, 11) is 0. The Kier molecular flexibility index (Phi) is 8.36. The Morgan fingerprint density at radius 3 is 2.61 bits per heavy atom. The summed E-state index contributed by atoms with van der Waals surface area (Å²) in [5.41, 5.74) is 0. The monoisotopic (exact) mass is 267 g/mol. The highest BCUT2D eigenvalue weighted by molar-refractivity contribution is 7.09. The highest BCUT2D eigenvalue weighted by Gasteiger charge is 2.18. The highest BCUT2D eigenvalue weighted by atomic mass is 32.1. The third-order valence-electron chi connectivity index (χ3n) is 3.77. The van der Waals surface area contributed by atoms with Crippen LogP contribution in [0.25, 0.3) is 0 Å². The molecule has 1 aromatic rings. The third-order valence-corrected chi connectivity index (χ3v) is 4.71. The lowest BCUT2D eigenvalue weighted by Gasteiger charge is -2.27. The largest absolute Gasteiger partial charge is 0.314 e. The number of hydrogen-bond acceptors (Lipinski definition) is 2. The van der Waals surface area contributed by atoms with Crippen LogP contribution in [0.5, 0.6) is 0 Å². The minimum absolute atomic E-state index is 0.702. The van der Waals surface area contributed by atoms with E-state index in [9.17, 15) is 0 Å². The van der Waals surface area contributed by atoms with Crippen LogP contribution in [-0.2, 0) is 6.42 Å². The van der Waals surface area contributed by atoms with Gasteiger partial charge in [0.2, 0.25) is 0 Å². The summed E-state index contributed by atoms with van der Waals surface area (Å²) in [5.74, 6) is 0.852. The quantitative estimate of drug-likeness (QED) is 0.637. The van der Waals surface area contributed by atoms with E-state index in [2.05, 4.69) is 43.6 Å². The topological polar surface area (TPSA) is 12.0 Å². The molecule has 0 spiro atoms. The predicted molar refractivity (Wildman–Crippen MR) is 83.4 cm³/mol. The predicted octanol–water partition coefficient (Wildman–Crippen LogP) is 4.88. The lowest BCUT2D eigenvalue weighted by molar-refractivity contribution is 0.307. The van der Waals surface area contributed by atoms with Crippen LogP contribution in [0.2, 0.25) is 0 Å². The molecule has 2 heteroatoms. The van der Waals surface area contributed by atoms with E-state index >= 15 is 0 Å². The maximum atomic E-state index is 3.71. The standard InChI is InChI=1S/C16H29NS/c1-4-7-9-14(5-2)16(17-6-3)12-11-15-10-8-13-18-15/h8,10,13-14,16-17H,4-7,9,11-12H2,1-3H3. The van der Waals surface area contributed by atoms with Crippen LogP contribution in [0.1, 0.15) is 57.8 Å². The van der Waals surface area contributed by atoms with Gasteiger partial charge in [0, 0.05) is 10.9 Å². The van der Waals surface area contributed by atoms with Crippen molar-refractivity contribution in [3.05, 3.63) is 22.4 Å². The summed E-state index contributed by atoms with van der Waals surface area (Å²) in [5, 5.41) is 5.90. The van der Waals surface area contributed by atoms with E-state index in [0.717, 1.165) is 12.5 Å². The lowest BCUT2D eigenvalue weighted by atomic mass is 9.88. The highest BCUT2D eigenvalue weighted by Crippen LogP contribution is 2.22. The molecular weight excluding hydrogens is 238 g/mol. The molecule has 1 N–H and O–H groups in total. The van der Waals surface area contributed by atoms with Crippen molar-refractivity contribution in [2.75, 3.05) is 6.54 Å². The van der Waals surface area contributed by atoms with Gasteiger partial charge in [0.25, 0.3) is 0 Å². The molecule has 0 aliphatic rings. The van der Waals surface area contributed by atoms with Crippen molar-refractivity contribution in [2.24, 2.45) is 5.92 Å². The van der Waals surface area contributed by atoms with Crippen molar-refractivity contribution in [2.45, 2.75) is 65.3 Å². The first-order chi connectivity index (χ1) is 8.81. The summed E-state index contributed by atoms with van der Waals surface area (Å²) in [4.78, 5) is 1.53. The summed E-state index contributed by atoms with van der Waals surface area (Å²) in [6, 6.07) is 5.13. The van der Waals surface area contributed by atoms with Gasteiger partial charge in [-0.25, -0.2) is 0 Å². The molecule has 1 nitrogen and oxygen atoms in total. The fourth-order valence-corrected chi connectivity index (χ4v) is 3.40. The molecule has 1 rings (SSSR count). The molecule has 2 atom stereocenters. The van der Waals surface area contributed by atoms with Crippen molar-refractivity contribution >= 4 is 11.3 Å². The Labute approximate surface area is 117 Å². The first kappa shape index (κ1) is 15.7. The third kappa shape index (κ3) is 5.53. The van der Waals surface area contributed by atoms with Crippen LogP contribution in [0, 0.1) is 5.92 Å². The molecule has 2 unspecified atom stereocenters. The molecule has 0 saturated heterocycles. The number of hydrogen-bond donors (Lipinski definition) is 1. The average molecular weight is 267 g/mol. The van der Waals surface area contributed by atoms with Crippen molar-refractivity contribution in [1.82, 2.24) is 5.32 Å². The van der Waals surface area contributed by atoms with E-state index in [1.54, 1.807) is 0 Å². The summed E-state index contributed by atoms with van der Waals surface area (Å²) < 4.78 is 0. The van der Waals surface area contributed by atoms with Gasteiger partial charge in [-0.05, 0) is 43.2 Å². The van der Waals surface area contributed by atoms with Gasteiger partial charge in [-0.15, -0.1) is 11.3 Å². The van der Waals surface area contributed by atoms with Crippen LogP contribution in [0.3, 0.4) is 0 Å². The van der Waals surface area contributed by atoms with Gasteiger partial charge < -0.3 is 5.32 Å². The Hall–Kier alpha value is -0.340. The molecule has 0 amide bonds. The van der Waals surface area contributed by atoms with E-state index < -0.39 is 0 Å².